The lowest BCUT2D eigenvalue weighted by Crippen LogP contribution is -2.33. The van der Waals surface area contributed by atoms with Crippen LogP contribution in [0.5, 0.6) is 0 Å². The first-order chi connectivity index (χ1) is 35.8. The summed E-state index contributed by atoms with van der Waals surface area (Å²) in [5.74, 6) is 0. The number of hydrogen-bond acceptors (Lipinski definition) is 0. The van der Waals surface area contributed by atoms with E-state index in [0.29, 0.717) is 56.6 Å². The van der Waals surface area contributed by atoms with E-state index in [-0.39, 0.29) is 0 Å². The molecule has 0 nitrogen and oxygen atoms in total. The van der Waals surface area contributed by atoms with Crippen molar-refractivity contribution in [1.82, 2.24) is 0 Å². The SMILES string of the molecule is c1ccc([C@H]2CC[C@H](c3ccccc3)P2CC(C(CP2[C@H](c3ccccc3)CC[C@H]2c2ccccc2)P2[C@H](c3ccccc3)CC[C@H]2c2ccccc2)P2[C@@H](c3ccccc3)CC[C@@H]2c2ccccc2)cc1. The fourth-order valence-corrected chi connectivity index (χ4v) is 33.2. The molecule has 0 bridgehead atoms. The highest BCUT2D eigenvalue weighted by molar-refractivity contribution is 7.67. The zero-order chi connectivity index (χ0) is 48.1. The molecule has 362 valence electrons. The summed E-state index contributed by atoms with van der Waals surface area (Å²) in [6, 6.07) is 96.0. The van der Waals surface area contributed by atoms with Crippen molar-refractivity contribution in [2.24, 2.45) is 0 Å². The van der Waals surface area contributed by atoms with Crippen molar-refractivity contribution in [1.29, 1.82) is 0 Å². The first kappa shape index (κ1) is 48.4. The minimum atomic E-state index is -0.526. The second-order valence-corrected chi connectivity index (χ2v) is 32.0. The van der Waals surface area contributed by atoms with E-state index in [1.807, 2.05) is 0 Å². The van der Waals surface area contributed by atoms with E-state index >= 15 is 0 Å². The van der Waals surface area contributed by atoms with Crippen molar-refractivity contribution in [3.63, 3.8) is 0 Å². The van der Waals surface area contributed by atoms with Gasteiger partial charge in [0.2, 0.25) is 0 Å². The molecule has 0 aromatic heterocycles. The molecule has 0 N–H and O–H groups in total. The van der Waals surface area contributed by atoms with Gasteiger partial charge in [0.05, 0.1) is 0 Å². The lowest BCUT2D eigenvalue weighted by Gasteiger charge is -2.48. The summed E-state index contributed by atoms with van der Waals surface area (Å²) < 4.78 is 0. The standard InChI is InChI=1S/C68H70P4/c1-9-25-51(26-10-1)59-41-42-60(52-27-11-2-12-28-52)69(59)49-67(71-63(55-33-17-5-18-34-55)45-46-64(71)56-35-19-6-20-36-56)68(72-65(57-37-21-7-22-38-57)47-48-66(72)58-39-23-8-24-40-58)50-70-61(53-29-13-3-14-30-53)43-44-62(70)54-31-15-4-16-32-54/h1-40,59-68H,41-50H2/t59-,60-,61+,62+,63-,64-,65+,66+,67?,68?. The maximum Gasteiger partial charge on any atom is 0.00504 e. The molecule has 72 heavy (non-hydrogen) atoms. The molecule has 12 rings (SSSR count). The highest BCUT2D eigenvalue weighted by Gasteiger charge is 2.54. The Morgan fingerprint density at radius 1 is 0.222 bits per heavy atom. The van der Waals surface area contributed by atoms with Crippen LogP contribution >= 0.6 is 31.7 Å². The Hall–Kier alpha value is -4.52. The number of hydrogen-bond donors (Lipinski definition) is 0. The van der Waals surface area contributed by atoms with Gasteiger partial charge < -0.3 is 0 Å². The summed E-state index contributed by atoms with van der Waals surface area (Å²) in [6.45, 7) is 0. The minimum Gasteiger partial charge on any atom is -0.0907 e. The Morgan fingerprint density at radius 3 is 0.556 bits per heavy atom. The summed E-state index contributed by atoms with van der Waals surface area (Å²) in [5, 5.41) is 0. The summed E-state index contributed by atoms with van der Waals surface area (Å²) in [5.41, 5.74) is 18.8. The summed E-state index contributed by atoms with van der Waals surface area (Å²) in [4.78, 5) is 0. The van der Waals surface area contributed by atoms with E-state index < -0.39 is 31.7 Å². The topological polar surface area (TPSA) is 0 Å². The van der Waals surface area contributed by atoms with Crippen LogP contribution in [0, 0.1) is 0 Å². The molecule has 2 unspecified atom stereocenters. The molecular weight excluding hydrogens is 941 g/mol. The molecule has 0 radical (unpaired) electrons. The number of rotatable bonds is 15. The van der Waals surface area contributed by atoms with Gasteiger partial charge in [-0.3, -0.25) is 0 Å². The average molecular weight is 1010 g/mol. The van der Waals surface area contributed by atoms with Gasteiger partial charge in [0.15, 0.2) is 0 Å². The lowest BCUT2D eigenvalue weighted by atomic mass is 10.0. The molecule has 8 aromatic carbocycles. The van der Waals surface area contributed by atoms with Crippen LogP contribution < -0.4 is 0 Å². The normalized spacial score (nSPS) is 25.9. The molecule has 4 fully saturated rings. The van der Waals surface area contributed by atoms with E-state index in [4.69, 9.17) is 0 Å². The van der Waals surface area contributed by atoms with E-state index in [1.54, 1.807) is 44.5 Å². The van der Waals surface area contributed by atoms with Crippen LogP contribution in [0.3, 0.4) is 0 Å². The van der Waals surface area contributed by atoms with Crippen molar-refractivity contribution in [3.05, 3.63) is 287 Å². The van der Waals surface area contributed by atoms with Gasteiger partial charge in [0, 0.05) is 45.3 Å². The van der Waals surface area contributed by atoms with Gasteiger partial charge in [-0.2, -0.15) is 0 Å². The molecule has 10 atom stereocenters. The molecule has 4 aliphatic rings. The van der Waals surface area contributed by atoms with Crippen molar-refractivity contribution < 1.29 is 0 Å². The van der Waals surface area contributed by atoms with E-state index in [0.717, 1.165) is 0 Å². The molecular formula is C68H70P4. The van der Waals surface area contributed by atoms with Gasteiger partial charge in [-0.25, -0.2) is 0 Å². The second kappa shape index (κ2) is 22.9. The largest absolute Gasteiger partial charge is 0.0907 e. The van der Waals surface area contributed by atoms with E-state index in [9.17, 15) is 0 Å². The predicted octanol–water partition coefficient (Wildman–Crippen LogP) is 20.8. The molecule has 4 heteroatoms. The first-order valence-electron chi connectivity index (χ1n) is 27.2. The summed E-state index contributed by atoms with van der Waals surface area (Å²) in [6.07, 6.45) is 13.1. The number of benzene rings is 8. The van der Waals surface area contributed by atoms with Crippen molar-refractivity contribution >= 4 is 31.7 Å². The molecule has 4 heterocycles. The van der Waals surface area contributed by atoms with Crippen LogP contribution in [0.2, 0.25) is 0 Å². The maximum absolute atomic E-state index is 2.54. The third-order valence-electron chi connectivity index (χ3n) is 17.4. The van der Waals surface area contributed by atoms with Gasteiger partial charge in [0.25, 0.3) is 0 Å². The van der Waals surface area contributed by atoms with Crippen molar-refractivity contribution in [3.8, 4) is 0 Å². The third kappa shape index (κ3) is 10.2. The average Bonchev–Trinajstić information content (AvgIpc) is 4.29. The first-order valence-corrected chi connectivity index (χ1v) is 33.7. The highest BCUT2D eigenvalue weighted by Crippen LogP contribution is 2.84. The van der Waals surface area contributed by atoms with Crippen molar-refractivity contribution in [2.75, 3.05) is 12.3 Å². The maximum atomic E-state index is 2.54. The molecule has 4 saturated heterocycles. The van der Waals surface area contributed by atoms with Crippen LogP contribution in [-0.4, -0.2) is 23.6 Å². The van der Waals surface area contributed by atoms with Gasteiger partial charge in [-0.05, 0) is 120 Å². The quantitative estimate of drug-likeness (QED) is 0.0898. The Morgan fingerprint density at radius 2 is 0.375 bits per heavy atom. The Balaban J connectivity index is 1.11. The zero-order valence-corrected chi connectivity index (χ0v) is 45.3. The van der Waals surface area contributed by atoms with Gasteiger partial charge >= 0.3 is 0 Å². The van der Waals surface area contributed by atoms with E-state index in [2.05, 4.69) is 243 Å². The summed E-state index contributed by atoms with van der Waals surface area (Å²) in [7, 11) is -1.92. The van der Waals surface area contributed by atoms with Crippen LogP contribution in [0.15, 0.2) is 243 Å². The molecule has 0 spiro atoms. The predicted molar refractivity (Wildman–Crippen MR) is 315 cm³/mol. The smallest absolute Gasteiger partial charge is 0.00504 e. The van der Waals surface area contributed by atoms with Crippen LogP contribution in [0.25, 0.3) is 0 Å². The second-order valence-electron chi connectivity index (χ2n) is 21.1. The molecule has 8 aromatic rings. The molecule has 0 aliphatic carbocycles. The Bertz CT molecular complexity index is 2500. The monoisotopic (exact) mass is 1010 g/mol. The van der Waals surface area contributed by atoms with Gasteiger partial charge in [-0.15, -0.1) is 0 Å². The molecule has 0 saturated carbocycles. The lowest BCUT2D eigenvalue weighted by molar-refractivity contribution is 0.765. The van der Waals surface area contributed by atoms with E-state index in [1.165, 1.54) is 63.7 Å². The fourth-order valence-electron chi connectivity index (χ4n) is 14.3. The van der Waals surface area contributed by atoms with Crippen LogP contribution in [0.4, 0.5) is 0 Å². The van der Waals surface area contributed by atoms with Crippen LogP contribution in [-0.2, 0) is 0 Å². The zero-order valence-electron chi connectivity index (χ0n) is 41.7. The molecule has 0 amide bonds. The Kier molecular flexibility index (Phi) is 15.4. The minimum absolute atomic E-state index is 0.434. The molecule has 4 aliphatic heterocycles. The summed E-state index contributed by atoms with van der Waals surface area (Å²) >= 11 is 0. The van der Waals surface area contributed by atoms with Gasteiger partial charge in [-0.1, -0.05) is 274 Å². The van der Waals surface area contributed by atoms with Gasteiger partial charge in [0.1, 0.15) is 0 Å². The fraction of sp³-hybridized carbons (Fsp3) is 0.294. The van der Waals surface area contributed by atoms with Crippen LogP contribution in [0.1, 0.15) is 141 Å². The van der Waals surface area contributed by atoms with Crippen molar-refractivity contribution in [2.45, 2.75) is 108 Å². The highest BCUT2D eigenvalue weighted by atomic mass is 31.1. The third-order valence-corrected chi connectivity index (χ3v) is 33.0. The Labute approximate surface area is 436 Å².